The largest absolute Gasteiger partial charge is 0.396 e. The Bertz CT molecular complexity index is 695. The number of nitrogens with zero attached hydrogens (tertiary/aromatic N) is 3. The topological polar surface area (TPSA) is 60.2 Å². The minimum absolute atomic E-state index is 0.151. The Labute approximate surface area is 160 Å². The smallest absolute Gasteiger partial charge is 0.163 e. The van der Waals surface area contributed by atoms with E-state index in [1.54, 1.807) is 11.8 Å². The number of rotatable bonds is 9. The normalized spacial score (nSPS) is 17.3. The van der Waals surface area contributed by atoms with E-state index in [2.05, 4.69) is 71.8 Å². The van der Waals surface area contributed by atoms with Crippen LogP contribution in [0, 0.1) is 0 Å². The summed E-state index contributed by atoms with van der Waals surface area (Å²) in [5.74, 6) is 2.30. The van der Waals surface area contributed by atoms with Crippen molar-refractivity contribution in [3.05, 3.63) is 58.9 Å². The predicted molar refractivity (Wildman–Crippen MR) is 112 cm³/mol. The number of benzene rings is 1. The highest BCUT2D eigenvalue weighted by molar-refractivity contribution is 8.02. The number of aliphatic hydroxyl groups is 1. The third kappa shape index (κ3) is 5.75. The monoisotopic (exact) mass is 372 g/mol. The third-order valence-corrected chi connectivity index (χ3v) is 4.96. The van der Waals surface area contributed by atoms with Crippen LogP contribution < -0.4 is 5.32 Å². The molecule has 140 valence electrons. The first-order valence-electron chi connectivity index (χ1n) is 8.85. The maximum atomic E-state index is 8.90. The fourth-order valence-corrected chi connectivity index (χ4v) is 3.26. The van der Waals surface area contributed by atoms with Gasteiger partial charge in [-0.25, -0.2) is 9.98 Å². The quantitative estimate of drug-likeness (QED) is 0.648. The molecule has 1 aromatic carbocycles. The van der Waals surface area contributed by atoms with Gasteiger partial charge in [-0.15, -0.1) is 11.8 Å². The molecule has 26 heavy (non-hydrogen) atoms. The van der Waals surface area contributed by atoms with Crippen LogP contribution in [0.25, 0.3) is 0 Å². The molecule has 0 radical (unpaired) electrons. The second-order valence-electron chi connectivity index (χ2n) is 6.31. The molecule has 0 aliphatic carbocycles. The second-order valence-corrected chi connectivity index (χ2v) is 7.50. The van der Waals surface area contributed by atoms with Crippen LogP contribution in [0.1, 0.15) is 32.8 Å². The number of aliphatic hydroxyl groups excluding tert-OH is 1. The molecule has 5 nitrogen and oxygen atoms in total. The van der Waals surface area contributed by atoms with Gasteiger partial charge in [-0.2, -0.15) is 0 Å². The van der Waals surface area contributed by atoms with E-state index in [0.29, 0.717) is 18.8 Å². The molecule has 0 atom stereocenters. The van der Waals surface area contributed by atoms with Crippen molar-refractivity contribution in [3.63, 3.8) is 0 Å². The first-order valence-corrected chi connectivity index (χ1v) is 9.84. The molecule has 1 heterocycles. The summed E-state index contributed by atoms with van der Waals surface area (Å²) < 4.78 is 0. The second kappa shape index (κ2) is 10.2. The van der Waals surface area contributed by atoms with Gasteiger partial charge in [0.25, 0.3) is 0 Å². The van der Waals surface area contributed by atoms with Gasteiger partial charge in [0.2, 0.25) is 0 Å². The highest BCUT2D eigenvalue weighted by Crippen LogP contribution is 2.28. The molecule has 6 heteroatoms. The molecule has 0 bridgehead atoms. The zero-order valence-corrected chi connectivity index (χ0v) is 16.6. The molecule has 1 aliphatic heterocycles. The van der Waals surface area contributed by atoms with E-state index in [0.717, 1.165) is 22.2 Å². The maximum absolute atomic E-state index is 8.90. The number of hydrogen-bond donors (Lipinski definition) is 2. The van der Waals surface area contributed by atoms with Gasteiger partial charge >= 0.3 is 0 Å². The van der Waals surface area contributed by atoms with E-state index in [1.807, 2.05) is 12.4 Å². The zero-order valence-electron chi connectivity index (χ0n) is 15.8. The Kier molecular flexibility index (Phi) is 7.94. The molecule has 0 amide bonds. The lowest BCUT2D eigenvalue weighted by atomic mass is 10.2. The maximum Gasteiger partial charge on any atom is 0.163 e. The van der Waals surface area contributed by atoms with Crippen molar-refractivity contribution in [2.75, 3.05) is 13.2 Å². The van der Waals surface area contributed by atoms with Crippen molar-refractivity contribution in [1.82, 2.24) is 10.2 Å². The first kappa shape index (κ1) is 20.3. The van der Waals surface area contributed by atoms with Crippen LogP contribution in [0.3, 0.4) is 0 Å². The minimum atomic E-state index is 0.151. The van der Waals surface area contributed by atoms with Crippen LogP contribution in [0.15, 0.2) is 63.3 Å². The summed E-state index contributed by atoms with van der Waals surface area (Å²) in [4.78, 5) is 12.5. The molecule has 0 saturated carbocycles. The Hall–Kier alpha value is -2.05. The van der Waals surface area contributed by atoms with Gasteiger partial charge in [0.15, 0.2) is 5.84 Å². The summed E-state index contributed by atoms with van der Waals surface area (Å²) in [6, 6.07) is 10.7. The average molecular weight is 373 g/mol. The average Bonchev–Trinajstić information content (AvgIpc) is 3.04. The van der Waals surface area contributed by atoms with Gasteiger partial charge in [-0.05, 0) is 32.8 Å². The zero-order chi connectivity index (χ0) is 18.9. The summed E-state index contributed by atoms with van der Waals surface area (Å²) in [5.41, 5.74) is 2.18. The van der Waals surface area contributed by atoms with Gasteiger partial charge < -0.3 is 15.3 Å². The Morgan fingerprint density at radius 1 is 1.35 bits per heavy atom. The molecule has 0 unspecified atom stereocenters. The van der Waals surface area contributed by atoms with Gasteiger partial charge in [-0.1, -0.05) is 36.9 Å². The Balaban J connectivity index is 2.15. The van der Waals surface area contributed by atoms with Crippen LogP contribution in [-0.4, -0.2) is 41.4 Å². The molecule has 2 N–H and O–H groups in total. The number of nitrogens with one attached hydrogen (secondary N) is 1. The molecule has 1 aliphatic rings. The lowest BCUT2D eigenvalue weighted by molar-refractivity contribution is 0.288. The van der Waals surface area contributed by atoms with Crippen molar-refractivity contribution in [1.29, 1.82) is 0 Å². The lowest BCUT2D eigenvalue weighted by Gasteiger charge is -2.21. The van der Waals surface area contributed by atoms with Gasteiger partial charge in [0.1, 0.15) is 11.5 Å². The molecule has 1 aromatic rings. The van der Waals surface area contributed by atoms with Crippen molar-refractivity contribution >= 4 is 23.9 Å². The lowest BCUT2D eigenvalue weighted by Crippen LogP contribution is -2.33. The van der Waals surface area contributed by atoms with Crippen molar-refractivity contribution in [2.45, 2.75) is 39.0 Å². The van der Waals surface area contributed by atoms with E-state index in [4.69, 9.17) is 5.11 Å². The van der Waals surface area contributed by atoms with E-state index < -0.39 is 0 Å². The molecular weight excluding hydrogens is 344 g/mol. The van der Waals surface area contributed by atoms with E-state index in [9.17, 15) is 0 Å². The molecular formula is C20H28N4OS. The summed E-state index contributed by atoms with van der Waals surface area (Å²) in [7, 11) is 0. The number of hydrogen-bond acceptors (Lipinski definition) is 5. The summed E-state index contributed by atoms with van der Waals surface area (Å²) in [5, 5.41) is 12.0. The minimum Gasteiger partial charge on any atom is -0.396 e. The number of aliphatic imine (C=N–C) groups is 2. The molecule has 2 rings (SSSR count). The fourth-order valence-electron chi connectivity index (χ4n) is 2.40. The Morgan fingerprint density at radius 2 is 2.08 bits per heavy atom. The summed E-state index contributed by atoms with van der Waals surface area (Å²) >= 11 is 1.77. The number of amidine groups is 1. The fraction of sp³-hybridized carbons (Fsp3) is 0.400. The van der Waals surface area contributed by atoms with Crippen LogP contribution in [-0.2, 0) is 5.75 Å². The van der Waals surface area contributed by atoms with Crippen molar-refractivity contribution < 1.29 is 5.11 Å². The van der Waals surface area contributed by atoms with Crippen molar-refractivity contribution in [2.24, 2.45) is 9.98 Å². The van der Waals surface area contributed by atoms with Crippen LogP contribution >= 0.6 is 11.8 Å². The van der Waals surface area contributed by atoms with Crippen LogP contribution in [0.5, 0.6) is 0 Å². The molecule has 0 aromatic heterocycles. The number of allylic oxidation sites excluding steroid dienone is 1. The van der Waals surface area contributed by atoms with Crippen LogP contribution in [0.4, 0.5) is 0 Å². The standard InChI is InChI=1S/C20H28N4OS/c1-15(2)24-14-22-19(20(24)23-17(4)21-11-8-12-25)16(3)26-13-18-9-6-5-7-10-18/h5-7,9-10,14-15,21,25H,4,8,11-13H2,1-3H3/b19-16-,23-20+. The van der Waals surface area contributed by atoms with Crippen LogP contribution in [0.2, 0.25) is 0 Å². The number of thioether (sulfide) groups is 1. The predicted octanol–water partition coefficient (Wildman–Crippen LogP) is 3.75. The third-order valence-electron chi connectivity index (χ3n) is 3.86. The van der Waals surface area contributed by atoms with Gasteiger partial charge in [-0.3, -0.25) is 0 Å². The highest BCUT2D eigenvalue weighted by atomic mass is 32.2. The van der Waals surface area contributed by atoms with Gasteiger partial charge in [0.05, 0.1) is 6.34 Å². The highest BCUT2D eigenvalue weighted by Gasteiger charge is 2.25. The Morgan fingerprint density at radius 3 is 2.73 bits per heavy atom. The summed E-state index contributed by atoms with van der Waals surface area (Å²) in [6.07, 6.45) is 2.51. The molecule has 0 spiro atoms. The van der Waals surface area contributed by atoms with Crippen molar-refractivity contribution in [3.8, 4) is 0 Å². The van der Waals surface area contributed by atoms with E-state index in [-0.39, 0.29) is 12.6 Å². The van der Waals surface area contributed by atoms with E-state index in [1.165, 1.54) is 5.56 Å². The molecule has 0 saturated heterocycles. The summed E-state index contributed by atoms with van der Waals surface area (Å²) in [6.45, 7) is 11.1. The van der Waals surface area contributed by atoms with E-state index >= 15 is 0 Å². The SMILES string of the molecule is C=C(/N=C1\C(=C(/C)SCc2ccccc2)N=CN1C(C)C)NCCCO. The van der Waals surface area contributed by atoms with Gasteiger partial charge in [0, 0.05) is 29.9 Å². The first-order chi connectivity index (χ1) is 12.5. The molecule has 0 fully saturated rings.